The van der Waals surface area contributed by atoms with E-state index >= 15 is 0 Å². The fraction of sp³-hybridized carbons (Fsp3) is 0.0357. The summed E-state index contributed by atoms with van der Waals surface area (Å²) in [6.45, 7) is 1.88. The number of aromatic nitrogens is 3. The van der Waals surface area contributed by atoms with E-state index in [1.165, 1.54) is 11.3 Å². The van der Waals surface area contributed by atoms with Gasteiger partial charge < -0.3 is 9.73 Å². The Morgan fingerprint density at radius 2 is 1.66 bits per heavy atom. The zero-order valence-electron chi connectivity index (χ0n) is 18.8. The van der Waals surface area contributed by atoms with Crippen LogP contribution in [0.5, 0.6) is 0 Å². The molecule has 0 fully saturated rings. The molecule has 6 nitrogen and oxygen atoms in total. The number of benzene rings is 3. The first-order chi connectivity index (χ1) is 17.1. The number of hydrogen-bond acceptors (Lipinski definition) is 5. The number of carbonyl (C=O) groups is 1. The molecule has 0 radical (unpaired) electrons. The second-order valence-corrected chi connectivity index (χ2v) is 8.98. The molecule has 0 saturated carbocycles. The number of furan rings is 1. The van der Waals surface area contributed by atoms with Crippen molar-refractivity contribution < 1.29 is 9.21 Å². The molecule has 0 saturated heterocycles. The number of fused-ring (bicyclic) bond motifs is 1. The van der Waals surface area contributed by atoms with E-state index in [1.54, 1.807) is 4.68 Å². The van der Waals surface area contributed by atoms with Crippen LogP contribution in [0.4, 0.5) is 5.82 Å². The summed E-state index contributed by atoms with van der Waals surface area (Å²) < 4.78 is 7.60. The Labute approximate surface area is 205 Å². The van der Waals surface area contributed by atoms with Gasteiger partial charge in [-0.15, -0.1) is 11.3 Å². The lowest BCUT2D eigenvalue weighted by molar-refractivity contribution is 0.102. The van der Waals surface area contributed by atoms with Crippen molar-refractivity contribution in [1.29, 1.82) is 0 Å². The zero-order valence-corrected chi connectivity index (χ0v) is 19.6. The van der Waals surface area contributed by atoms with Crippen LogP contribution in [0.1, 0.15) is 16.1 Å². The molecular formula is C28H20N4O2S. The standard InChI is InChI=1S/C28H20N4O2S/c1-18-15-26(30-27(33)21-13-11-20(12-14-21)19-7-3-2-4-8-19)32(31-18)28-29-23(17-35-28)25-16-22-9-5-6-10-24(22)34-25/h2-17H,1H3,(H,30,33). The largest absolute Gasteiger partial charge is 0.454 e. The summed E-state index contributed by atoms with van der Waals surface area (Å²) in [5.74, 6) is 1.05. The third-order valence-corrected chi connectivity index (χ3v) is 6.49. The minimum atomic E-state index is -0.208. The van der Waals surface area contributed by atoms with Crippen LogP contribution in [0.15, 0.2) is 101 Å². The van der Waals surface area contributed by atoms with Gasteiger partial charge in [0.25, 0.3) is 5.91 Å². The van der Waals surface area contributed by atoms with Crippen molar-refractivity contribution in [2.75, 3.05) is 5.32 Å². The molecule has 0 aliphatic rings. The van der Waals surface area contributed by atoms with Crippen LogP contribution < -0.4 is 5.32 Å². The van der Waals surface area contributed by atoms with Crippen molar-refractivity contribution in [3.05, 3.63) is 108 Å². The van der Waals surface area contributed by atoms with E-state index in [9.17, 15) is 4.79 Å². The highest BCUT2D eigenvalue weighted by molar-refractivity contribution is 7.12. The van der Waals surface area contributed by atoms with Gasteiger partial charge in [0.15, 0.2) is 5.76 Å². The number of nitrogens with one attached hydrogen (secondary N) is 1. The van der Waals surface area contributed by atoms with Crippen molar-refractivity contribution in [3.63, 3.8) is 0 Å². The number of rotatable bonds is 5. The molecule has 0 unspecified atom stereocenters. The number of carbonyl (C=O) groups excluding carboxylic acids is 1. The van der Waals surface area contributed by atoms with Crippen molar-refractivity contribution in [3.8, 4) is 27.7 Å². The van der Waals surface area contributed by atoms with E-state index in [0.29, 0.717) is 22.3 Å². The van der Waals surface area contributed by atoms with Crippen LogP contribution in [0.2, 0.25) is 0 Å². The number of nitrogens with zero attached hydrogens (tertiary/aromatic N) is 3. The minimum absolute atomic E-state index is 0.208. The molecule has 0 aliphatic carbocycles. The molecule has 3 heterocycles. The fourth-order valence-electron chi connectivity index (χ4n) is 3.95. The van der Waals surface area contributed by atoms with E-state index in [-0.39, 0.29) is 5.91 Å². The molecule has 1 N–H and O–H groups in total. The first-order valence-corrected chi connectivity index (χ1v) is 12.0. The van der Waals surface area contributed by atoms with Gasteiger partial charge in [-0.2, -0.15) is 9.78 Å². The molecule has 0 spiro atoms. The van der Waals surface area contributed by atoms with Gasteiger partial charge in [0.05, 0.1) is 5.69 Å². The molecular weight excluding hydrogens is 456 g/mol. The average Bonchev–Trinajstić information content (AvgIpc) is 3.62. The van der Waals surface area contributed by atoms with E-state index in [4.69, 9.17) is 9.40 Å². The van der Waals surface area contributed by atoms with Gasteiger partial charge in [-0.1, -0.05) is 60.7 Å². The zero-order chi connectivity index (χ0) is 23.8. The number of para-hydroxylation sites is 1. The highest BCUT2D eigenvalue weighted by atomic mass is 32.1. The smallest absolute Gasteiger partial charge is 0.256 e. The molecule has 6 rings (SSSR count). The number of hydrogen-bond donors (Lipinski definition) is 1. The van der Waals surface area contributed by atoms with Crippen LogP contribution in [0.3, 0.4) is 0 Å². The van der Waals surface area contributed by atoms with Gasteiger partial charge in [-0.05, 0) is 42.3 Å². The van der Waals surface area contributed by atoms with Crippen molar-refractivity contribution in [1.82, 2.24) is 14.8 Å². The summed E-state index contributed by atoms with van der Waals surface area (Å²) in [6, 6.07) is 29.3. The second kappa shape index (κ2) is 8.70. The molecule has 35 heavy (non-hydrogen) atoms. The normalized spacial score (nSPS) is 11.1. The Balaban J connectivity index is 1.25. The first-order valence-electron chi connectivity index (χ1n) is 11.1. The van der Waals surface area contributed by atoms with Crippen LogP contribution >= 0.6 is 11.3 Å². The summed E-state index contributed by atoms with van der Waals surface area (Å²) in [5.41, 5.74) is 5.06. The molecule has 6 aromatic rings. The highest BCUT2D eigenvalue weighted by Gasteiger charge is 2.17. The predicted octanol–water partition coefficient (Wildman–Crippen LogP) is 6.97. The lowest BCUT2D eigenvalue weighted by Gasteiger charge is -2.07. The molecule has 0 atom stereocenters. The molecule has 1 amide bonds. The molecule has 170 valence electrons. The highest BCUT2D eigenvalue weighted by Crippen LogP contribution is 2.31. The van der Waals surface area contributed by atoms with E-state index in [1.807, 2.05) is 103 Å². The van der Waals surface area contributed by atoms with E-state index < -0.39 is 0 Å². The fourth-order valence-corrected chi connectivity index (χ4v) is 4.73. The third-order valence-electron chi connectivity index (χ3n) is 5.68. The summed E-state index contributed by atoms with van der Waals surface area (Å²) in [6.07, 6.45) is 0. The monoisotopic (exact) mass is 476 g/mol. The number of aryl methyl sites for hydroxylation is 1. The molecule has 0 bridgehead atoms. The maximum absolute atomic E-state index is 13.0. The molecule has 7 heteroatoms. The van der Waals surface area contributed by atoms with Crippen LogP contribution in [0, 0.1) is 6.92 Å². The number of amides is 1. The van der Waals surface area contributed by atoms with Gasteiger partial charge >= 0.3 is 0 Å². The summed E-state index contributed by atoms with van der Waals surface area (Å²) >= 11 is 1.44. The van der Waals surface area contributed by atoms with Gasteiger partial charge in [0.1, 0.15) is 17.1 Å². The number of anilines is 1. The number of thiazole rings is 1. The van der Waals surface area contributed by atoms with Gasteiger partial charge in [0, 0.05) is 22.4 Å². The summed E-state index contributed by atoms with van der Waals surface area (Å²) in [7, 11) is 0. The van der Waals surface area contributed by atoms with Crippen molar-refractivity contribution >= 4 is 34.0 Å². The Morgan fingerprint density at radius 1 is 0.914 bits per heavy atom. The minimum Gasteiger partial charge on any atom is -0.454 e. The second-order valence-electron chi connectivity index (χ2n) is 8.14. The quantitative estimate of drug-likeness (QED) is 0.292. The van der Waals surface area contributed by atoms with Crippen LogP contribution in [0.25, 0.3) is 38.7 Å². The molecule has 0 aliphatic heterocycles. The Kier molecular flexibility index (Phi) is 5.24. The van der Waals surface area contributed by atoms with Crippen molar-refractivity contribution in [2.24, 2.45) is 0 Å². The maximum atomic E-state index is 13.0. The Hall–Kier alpha value is -4.49. The Morgan fingerprint density at radius 3 is 2.46 bits per heavy atom. The van der Waals surface area contributed by atoms with Crippen LogP contribution in [-0.2, 0) is 0 Å². The Bertz CT molecular complexity index is 1610. The SMILES string of the molecule is Cc1cc(NC(=O)c2ccc(-c3ccccc3)cc2)n(-c2nc(-c3cc4ccccc4o3)cs2)n1. The van der Waals surface area contributed by atoms with E-state index in [2.05, 4.69) is 10.4 Å². The molecule has 3 aromatic carbocycles. The molecule has 3 aromatic heterocycles. The summed E-state index contributed by atoms with van der Waals surface area (Å²) in [5, 5.41) is 11.1. The lowest BCUT2D eigenvalue weighted by Crippen LogP contribution is -2.15. The van der Waals surface area contributed by atoms with Crippen LogP contribution in [-0.4, -0.2) is 20.7 Å². The maximum Gasteiger partial charge on any atom is 0.256 e. The lowest BCUT2D eigenvalue weighted by atomic mass is 10.0. The van der Waals surface area contributed by atoms with E-state index in [0.717, 1.165) is 33.5 Å². The predicted molar refractivity (Wildman–Crippen MR) is 139 cm³/mol. The van der Waals surface area contributed by atoms with Gasteiger partial charge in [0.2, 0.25) is 5.13 Å². The third kappa shape index (κ3) is 4.13. The van der Waals surface area contributed by atoms with Gasteiger partial charge in [-0.25, -0.2) is 4.98 Å². The topological polar surface area (TPSA) is 73.0 Å². The van der Waals surface area contributed by atoms with Gasteiger partial charge in [-0.3, -0.25) is 4.79 Å². The summed E-state index contributed by atoms with van der Waals surface area (Å²) in [4.78, 5) is 17.7. The first kappa shape index (κ1) is 21.1. The van der Waals surface area contributed by atoms with Crippen molar-refractivity contribution in [2.45, 2.75) is 6.92 Å². The average molecular weight is 477 g/mol.